The Labute approximate surface area is 133 Å². The Hall–Kier alpha value is -2.21. The molecule has 0 aliphatic carbocycles. The highest BCUT2D eigenvalue weighted by Gasteiger charge is 2.27. The van der Waals surface area contributed by atoms with Gasteiger partial charge in [0.05, 0.1) is 0 Å². The van der Waals surface area contributed by atoms with Crippen molar-refractivity contribution in [2.75, 3.05) is 17.3 Å². The minimum absolute atomic E-state index is 0.00315. The van der Waals surface area contributed by atoms with Crippen LogP contribution in [-0.2, 0) is 16.0 Å². The topological polar surface area (TPSA) is 62.3 Å². The predicted octanol–water partition coefficient (Wildman–Crippen LogP) is 2.70. The van der Waals surface area contributed by atoms with Gasteiger partial charge in [0.1, 0.15) is 0 Å². The molecule has 1 aromatic heterocycles. The molecule has 1 aliphatic heterocycles. The number of rotatable bonds is 4. The fourth-order valence-corrected chi connectivity index (χ4v) is 3.23. The fourth-order valence-electron chi connectivity index (χ4n) is 2.60. The summed E-state index contributed by atoms with van der Waals surface area (Å²) < 4.78 is 0. The van der Waals surface area contributed by atoms with E-state index >= 15 is 0 Å². The molecule has 0 saturated carbocycles. The first-order valence-corrected chi connectivity index (χ1v) is 8.08. The molecule has 0 spiro atoms. The SMILES string of the molecule is CN(C(=O)CC[C@H]1Cc2ccccc2NC1=O)c1nccs1. The second-order valence-electron chi connectivity index (χ2n) is 5.35. The molecule has 1 N–H and O–H groups in total. The van der Waals surface area contributed by atoms with Gasteiger partial charge in [0.25, 0.3) is 0 Å². The molecule has 3 rings (SSSR count). The quantitative estimate of drug-likeness (QED) is 0.943. The lowest BCUT2D eigenvalue weighted by atomic mass is 9.89. The monoisotopic (exact) mass is 315 g/mol. The third kappa shape index (κ3) is 3.01. The highest BCUT2D eigenvalue weighted by molar-refractivity contribution is 7.13. The van der Waals surface area contributed by atoms with E-state index < -0.39 is 0 Å². The van der Waals surface area contributed by atoms with Crippen LogP contribution in [0, 0.1) is 5.92 Å². The van der Waals surface area contributed by atoms with Crippen molar-refractivity contribution in [3.63, 3.8) is 0 Å². The summed E-state index contributed by atoms with van der Waals surface area (Å²) in [5.74, 6) is -0.159. The maximum Gasteiger partial charge on any atom is 0.228 e. The Kier molecular flexibility index (Phi) is 4.20. The number of hydrogen-bond donors (Lipinski definition) is 1. The standard InChI is InChI=1S/C16H17N3O2S/c1-19(16-17-8-9-22-16)14(20)7-6-12-10-11-4-2-3-5-13(11)18-15(12)21/h2-5,8-9,12H,6-7,10H2,1H3,(H,18,21)/t12-/m0/s1. The lowest BCUT2D eigenvalue weighted by Crippen LogP contribution is -2.32. The van der Waals surface area contributed by atoms with Crippen LogP contribution < -0.4 is 10.2 Å². The van der Waals surface area contributed by atoms with E-state index in [1.54, 1.807) is 18.1 Å². The van der Waals surface area contributed by atoms with Crippen LogP contribution in [0.1, 0.15) is 18.4 Å². The number of amides is 2. The average molecular weight is 315 g/mol. The molecule has 0 fully saturated rings. The van der Waals surface area contributed by atoms with Gasteiger partial charge in [0.2, 0.25) is 11.8 Å². The normalized spacial score (nSPS) is 16.8. The molecule has 22 heavy (non-hydrogen) atoms. The number of thiazole rings is 1. The first kappa shape index (κ1) is 14.7. The molecular formula is C16H17N3O2S. The molecule has 2 amide bonds. The molecule has 1 aromatic carbocycles. The number of anilines is 2. The number of nitrogens with zero attached hydrogens (tertiary/aromatic N) is 2. The van der Waals surface area contributed by atoms with Gasteiger partial charge in [-0.3, -0.25) is 14.5 Å². The highest BCUT2D eigenvalue weighted by Crippen LogP contribution is 2.28. The van der Waals surface area contributed by atoms with Crippen molar-refractivity contribution in [1.82, 2.24) is 4.98 Å². The van der Waals surface area contributed by atoms with Gasteiger partial charge in [-0.2, -0.15) is 0 Å². The number of benzene rings is 1. The van der Waals surface area contributed by atoms with Crippen molar-refractivity contribution in [3.05, 3.63) is 41.4 Å². The summed E-state index contributed by atoms with van der Waals surface area (Å²) in [7, 11) is 1.72. The molecule has 2 heterocycles. The van der Waals surface area contributed by atoms with E-state index in [0.717, 1.165) is 11.3 Å². The number of fused-ring (bicyclic) bond motifs is 1. The van der Waals surface area contributed by atoms with E-state index in [1.165, 1.54) is 11.3 Å². The van der Waals surface area contributed by atoms with Crippen molar-refractivity contribution in [3.8, 4) is 0 Å². The average Bonchev–Trinajstić information content (AvgIpc) is 3.06. The van der Waals surface area contributed by atoms with Gasteiger partial charge in [-0.15, -0.1) is 11.3 Å². The number of carbonyl (C=O) groups excluding carboxylic acids is 2. The van der Waals surface area contributed by atoms with Crippen LogP contribution in [0.5, 0.6) is 0 Å². The summed E-state index contributed by atoms with van der Waals surface area (Å²) in [6.07, 6.45) is 3.26. The lowest BCUT2D eigenvalue weighted by Gasteiger charge is -2.24. The number of hydrogen-bond acceptors (Lipinski definition) is 4. The van der Waals surface area contributed by atoms with Crippen LogP contribution in [-0.4, -0.2) is 23.8 Å². The van der Waals surface area contributed by atoms with Gasteiger partial charge in [0, 0.05) is 36.7 Å². The second-order valence-corrected chi connectivity index (χ2v) is 6.23. The van der Waals surface area contributed by atoms with Crippen molar-refractivity contribution >= 4 is 34.0 Å². The minimum atomic E-state index is -0.149. The zero-order chi connectivity index (χ0) is 15.5. The first-order valence-electron chi connectivity index (χ1n) is 7.20. The van der Waals surface area contributed by atoms with Crippen LogP contribution in [0.3, 0.4) is 0 Å². The van der Waals surface area contributed by atoms with Gasteiger partial charge in [-0.1, -0.05) is 18.2 Å². The maximum absolute atomic E-state index is 12.2. The molecule has 0 radical (unpaired) electrons. The second kappa shape index (κ2) is 6.27. The Morgan fingerprint density at radius 2 is 2.27 bits per heavy atom. The number of nitrogens with one attached hydrogen (secondary N) is 1. The smallest absolute Gasteiger partial charge is 0.228 e. The molecule has 1 aliphatic rings. The van der Waals surface area contributed by atoms with E-state index in [4.69, 9.17) is 0 Å². The molecule has 1 atom stereocenters. The van der Waals surface area contributed by atoms with Crippen molar-refractivity contribution in [2.45, 2.75) is 19.3 Å². The lowest BCUT2D eigenvalue weighted by molar-refractivity contribution is -0.121. The van der Waals surface area contributed by atoms with E-state index in [2.05, 4.69) is 10.3 Å². The number of aromatic nitrogens is 1. The summed E-state index contributed by atoms with van der Waals surface area (Å²) in [6, 6.07) is 7.80. The number of para-hydroxylation sites is 1. The molecular weight excluding hydrogens is 298 g/mol. The maximum atomic E-state index is 12.2. The minimum Gasteiger partial charge on any atom is -0.326 e. The molecule has 0 saturated heterocycles. The van der Waals surface area contributed by atoms with E-state index in [9.17, 15) is 9.59 Å². The van der Waals surface area contributed by atoms with Crippen molar-refractivity contribution < 1.29 is 9.59 Å². The molecule has 5 nitrogen and oxygen atoms in total. The van der Waals surface area contributed by atoms with Crippen LogP contribution in [0.15, 0.2) is 35.8 Å². The molecule has 6 heteroatoms. The van der Waals surface area contributed by atoms with E-state index in [-0.39, 0.29) is 17.7 Å². The zero-order valence-electron chi connectivity index (χ0n) is 12.3. The Bertz CT molecular complexity index is 684. The fraction of sp³-hybridized carbons (Fsp3) is 0.312. The summed E-state index contributed by atoms with van der Waals surface area (Å²) in [4.78, 5) is 30.0. The largest absolute Gasteiger partial charge is 0.326 e. The summed E-state index contributed by atoms with van der Waals surface area (Å²) in [5, 5.41) is 5.44. The van der Waals surface area contributed by atoms with Gasteiger partial charge >= 0.3 is 0 Å². The van der Waals surface area contributed by atoms with Crippen LogP contribution in [0.4, 0.5) is 10.8 Å². The van der Waals surface area contributed by atoms with Crippen LogP contribution >= 0.6 is 11.3 Å². The predicted molar refractivity (Wildman–Crippen MR) is 87.0 cm³/mol. The van der Waals surface area contributed by atoms with Crippen molar-refractivity contribution in [2.24, 2.45) is 5.92 Å². The van der Waals surface area contributed by atoms with Crippen molar-refractivity contribution in [1.29, 1.82) is 0 Å². The Morgan fingerprint density at radius 3 is 3.05 bits per heavy atom. The molecule has 0 unspecified atom stereocenters. The van der Waals surface area contributed by atoms with Gasteiger partial charge < -0.3 is 5.32 Å². The summed E-state index contributed by atoms with van der Waals surface area (Å²) >= 11 is 1.43. The molecule has 0 bridgehead atoms. The van der Waals surface area contributed by atoms with Gasteiger partial charge in [-0.25, -0.2) is 4.98 Å². The summed E-state index contributed by atoms with van der Waals surface area (Å²) in [6.45, 7) is 0. The van der Waals surface area contributed by atoms with Crippen LogP contribution in [0.25, 0.3) is 0 Å². The third-order valence-corrected chi connectivity index (χ3v) is 4.75. The first-order chi connectivity index (χ1) is 10.6. The van der Waals surface area contributed by atoms with E-state index in [0.29, 0.717) is 24.4 Å². The third-order valence-electron chi connectivity index (χ3n) is 3.90. The zero-order valence-corrected chi connectivity index (χ0v) is 13.1. The van der Waals surface area contributed by atoms with Gasteiger partial charge in [-0.05, 0) is 24.5 Å². The Morgan fingerprint density at radius 1 is 1.45 bits per heavy atom. The summed E-state index contributed by atoms with van der Waals surface area (Å²) in [5.41, 5.74) is 2.02. The van der Waals surface area contributed by atoms with Gasteiger partial charge in [0.15, 0.2) is 5.13 Å². The van der Waals surface area contributed by atoms with E-state index in [1.807, 2.05) is 29.6 Å². The highest BCUT2D eigenvalue weighted by atomic mass is 32.1. The number of carbonyl (C=O) groups is 2. The Balaban J connectivity index is 1.60. The van der Waals surface area contributed by atoms with Crippen LogP contribution in [0.2, 0.25) is 0 Å². The molecule has 2 aromatic rings. The molecule has 114 valence electrons.